The van der Waals surface area contributed by atoms with E-state index in [2.05, 4.69) is 27.7 Å². The zero-order chi connectivity index (χ0) is 23.5. The molecule has 0 saturated heterocycles. The highest BCUT2D eigenvalue weighted by Crippen LogP contribution is 2.37. The van der Waals surface area contributed by atoms with Crippen molar-refractivity contribution < 1.29 is 18.8 Å². The molecule has 0 bridgehead atoms. The van der Waals surface area contributed by atoms with Crippen LogP contribution in [0.2, 0.25) is 5.04 Å². The van der Waals surface area contributed by atoms with E-state index in [0.29, 0.717) is 6.61 Å². The standard InChI is InChI=1S/C27H38O4Si/c1-5-6-7-8-9-16-21-30-25(28)22-26(29)31-32(27(2,3)4,23-17-12-10-13-18-23)24-19-14-11-15-20-24/h10-15,17-20H,5-9,16,21-22H2,1-4H3. The Kier molecular flexibility index (Phi) is 10.2. The molecule has 0 unspecified atom stereocenters. The largest absolute Gasteiger partial charge is 0.509 e. The molecule has 0 aromatic heterocycles. The van der Waals surface area contributed by atoms with Crippen LogP contribution in [0.3, 0.4) is 0 Å². The van der Waals surface area contributed by atoms with E-state index >= 15 is 0 Å². The lowest BCUT2D eigenvalue weighted by Gasteiger charge is -2.42. The van der Waals surface area contributed by atoms with Crippen LogP contribution in [0.15, 0.2) is 60.7 Å². The fraction of sp³-hybridized carbons (Fsp3) is 0.481. The van der Waals surface area contributed by atoms with E-state index in [4.69, 9.17) is 9.16 Å². The first-order chi connectivity index (χ1) is 15.3. The minimum Gasteiger partial charge on any atom is -0.509 e. The molecule has 0 heterocycles. The highest BCUT2D eigenvalue weighted by Gasteiger charge is 2.53. The van der Waals surface area contributed by atoms with Crippen LogP contribution >= 0.6 is 0 Å². The van der Waals surface area contributed by atoms with Crippen LogP contribution in [0, 0.1) is 0 Å². The maximum absolute atomic E-state index is 13.0. The topological polar surface area (TPSA) is 52.6 Å². The molecule has 0 aliphatic carbocycles. The molecule has 2 rings (SSSR count). The molecule has 0 atom stereocenters. The molecule has 0 amide bonds. The number of hydrogen-bond acceptors (Lipinski definition) is 4. The maximum atomic E-state index is 13.0. The van der Waals surface area contributed by atoms with Crippen molar-refractivity contribution in [2.24, 2.45) is 0 Å². The average Bonchev–Trinajstić information content (AvgIpc) is 2.77. The van der Waals surface area contributed by atoms with E-state index in [9.17, 15) is 9.59 Å². The zero-order valence-electron chi connectivity index (χ0n) is 20.1. The Morgan fingerprint density at radius 2 is 1.25 bits per heavy atom. The number of carbonyl (C=O) groups excluding carboxylic acids is 2. The first-order valence-corrected chi connectivity index (χ1v) is 13.7. The summed E-state index contributed by atoms with van der Waals surface area (Å²) in [6, 6.07) is 19.9. The molecule has 5 heteroatoms. The molecule has 174 valence electrons. The minimum absolute atomic E-state index is 0.326. The van der Waals surface area contributed by atoms with Crippen LogP contribution in [0.4, 0.5) is 0 Å². The fourth-order valence-electron chi connectivity index (χ4n) is 4.09. The molecule has 2 aromatic rings. The Labute approximate surface area is 194 Å². The number of unbranched alkanes of at least 4 members (excludes halogenated alkanes) is 5. The van der Waals surface area contributed by atoms with Gasteiger partial charge in [0.2, 0.25) is 0 Å². The van der Waals surface area contributed by atoms with Crippen molar-refractivity contribution in [3.05, 3.63) is 60.7 Å². The van der Waals surface area contributed by atoms with Gasteiger partial charge in [0.05, 0.1) is 6.61 Å². The quantitative estimate of drug-likeness (QED) is 0.187. The van der Waals surface area contributed by atoms with Gasteiger partial charge < -0.3 is 9.16 Å². The molecule has 0 aliphatic heterocycles. The number of benzene rings is 2. The van der Waals surface area contributed by atoms with Gasteiger partial charge in [-0.25, -0.2) is 0 Å². The fourth-order valence-corrected chi connectivity index (χ4v) is 8.44. The third-order valence-corrected chi connectivity index (χ3v) is 10.7. The molecule has 0 spiro atoms. The first kappa shape index (κ1) is 25.9. The van der Waals surface area contributed by atoms with E-state index < -0.39 is 20.3 Å². The van der Waals surface area contributed by atoms with E-state index in [0.717, 1.165) is 29.6 Å². The van der Waals surface area contributed by atoms with Crippen molar-refractivity contribution in [1.82, 2.24) is 0 Å². The average molecular weight is 455 g/mol. The predicted molar refractivity (Wildman–Crippen MR) is 133 cm³/mol. The lowest BCUT2D eigenvalue weighted by Crippen LogP contribution is -2.67. The molecule has 32 heavy (non-hydrogen) atoms. The van der Waals surface area contributed by atoms with Crippen LogP contribution in [0.5, 0.6) is 0 Å². The molecule has 0 radical (unpaired) electrons. The number of ether oxygens (including phenoxy) is 1. The lowest BCUT2D eigenvalue weighted by atomic mass is 10.1. The van der Waals surface area contributed by atoms with Crippen molar-refractivity contribution in [3.63, 3.8) is 0 Å². The first-order valence-electron chi connectivity index (χ1n) is 11.8. The number of esters is 1. The van der Waals surface area contributed by atoms with E-state index in [1.807, 2.05) is 60.7 Å². The Balaban J connectivity index is 2.10. The summed E-state index contributed by atoms with van der Waals surface area (Å²) in [7, 11) is -2.99. The van der Waals surface area contributed by atoms with Gasteiger partial charge in [-0.15, -0.1) is 0 Å². The van der Waals surface area contributed by atoms with Crippen molar-refractivity contribution in [3.8, 4) is 0 Å². The van der Waals surface area contributed by atoms with Crippen LogP contribution in [0.1, 0.15) is 72.6 Å². The minimum atomic E-state index is -2.99. The Morgan fingerprint density at radius 3 is 1.75 bits per heavy atom. The van der Waals surface area contributed by atoms with Gasteiger partial charge in [0.25, 0.3) is 0 Å². The molecule has 0 saturated carbocycles. The van der Waals surface area contributed by atoms with Gasteiger partial charge in [0.1, 0.15) is 6.42 Å². The summed E-state index contributed by atoms with van der Waals surface area (Å²) in [6.07, 6.45) is 6.34. The van der Waals surface area contributed by atoms with E-state index in [-0.39, 0.29) is 11.5 Å². The number of rotatable bonds is 12. The maximum Gasteiger partial charge on any atom is 0.323 e. The summed E-state index contributed by atoms with van der Waals surface area (Å²) in [5.74, 6) is -1.03. The van der Waals surface area contributed by atoms with Gasteiger partial charge in [0.15, 0.2) is 0 Å². The van der Waals surface area contributed by atoms with Crippen molar-refractivity contribution in [2.45, 2.75) is 77.7 Å². The van der Waals surface area contributed by atoms with Crippen molar-refractivity contribution in [2.75, 3.05) is 6.61 Å². The second-order valence-corrected chi connectivity index (χ2v) is 13.5. The van der Waals surface area contributed by atoms with E-state index in [1.165, 1.54) is 19.3 Å². The summed E-state index contributed by atoms with van der Waals surface area (Å²) in [6.45, 7) is 8.85. The van der Waals surface area contributed by atoms with Gasteiger partial charge in [0, 0.05) is 0 Å². The Morgan fingerprint density at radius 1 is 0.750 bits per heavy atom. The van der Waals surface area contributed by atoms with Crippen LogP contribution in [-0.4, -0.2) is 26.9 Å². The molecule has 2 aromatic carbocycles. The Hall–Kier alpha value is -2.40. The predicted octanol–water partition coefficient (Wildman–Crippen LogP) is 5.38. The third kappa shape index (κ3) is 7.06. The third-order valence-electron chi connectivity index (χ3n) is 5.73. The van der Waals surface area contributed by atoms with Gasteiger partial charge in [-0.3, -0.25) is 9.59 Å². The van der Waals surface area contributed by atoms with Crippen LogP contribution < -0.4 is 10.4 Å². The van der Waals surface area contributed by atoms with Crippen molar-refractivity contribution >= 4 is 30.6 Å². The zero-order valence-corrected chi connectivity index (χ0v) is 21.1. The van der Waals surface area contributed by atoms with E-state index in [1.54, 1.807) is 0 Å². The summed E-state index contributed by atoms with van der Waals surface area (Å²) < 4.78 is 11.6. The van der Waals surface area contributed by atoms with Gasteiger partial charge in [-0.2, -0.15) is 0 Å². The molecular formula is C27H38O4Si. The van der Waals surface area contributed by atoms with Crippen molar-refractivity contribution in [1.29, 1.82) is 0 Å². The summed E-state index contributed by atoms with van der Waals surface area (Å²) in [5.41, 5.74) is 0. The second-order valence-electron chi connectivity index (χ2n) is 9.30. The number of hydrogen-bond donors (Lipinski definition) is 0. The highest BCUT2D eigenvalue weighted by atomic mass is 28.4. The summed E-state index contributed by atoms with van der Waals surface area (Å²) in [4.78, 5) is 25.3. The van der Waals surface area contributed by atoms with Gasteiger partial charge in [-0.05, 0) is 21.8 Å². The smallest absolute Gasteiger partial charge is 0.323 e. The Bertz CT molecular complexity index is 788. The summed E-state index contributed by atoms with van der Waals surface area (Å²) >= 11 is 0. The lowest BCUT2D eigenvalue weighted by molar-refractivity contribution is -0.150. The van der Waals surface area contributed by atoms with Crippen LogP contribution in [0.25, 0.3) is 0 Å². The monoisotopic (exact) mass is 454 g/mol. The SMILES string of the molecule is CCCCCCCCOC(=O)CC(=O)O[Si](c1ccccc1)(c1ccccc1)C(C)(C)C. The highest BCUT2D eigenvalue weighted by molar-refractivity contribution is 7.00. The molecule has 0 N–H and O–H groups in total. The van der Waals surface area contributed by atoms with Crippen LogP contribution in [-0.2, 0) is 18.8 Å². The molecular weight excluding hydrogens is 416 g/mol. The van der Waals surface area contributed by atoms with Gasteiger partial charge >= 0.3 is 20.3 Å². The normalized spacial score (nSPS) is 11.8. The molecule has 0 fully saturated rings. The van der Waals surface area contributed by atoms with Gasteiger partial charge in [-0.1, -0.05) is 120 Å². The molecule has 4 nitrogen and oxygen atoms in total. The second kappa shape index (κ2) is 12.6. The molecule has 0 aliphatic rings. The summed E-state index contributed by atoms with van der Waals surface area (Å²) in [5, 5.41) is 1.69. The number of carbonyl (C=O) groups is 2.